The largest absolute Gasteiger partial charge is 0.352 e. The summed E-state index contributed by atoms with van der Waals surface area (Å²) in [5.74, 6) is -0.00483. The number of carbonyl (C=O) groups is 1. The van der Waals surface area contributed by atoms with Gasteiger partial charge in [-0.15, -0.1) is 24.8 Å². The van der Waals surface area contributed by atoms with E-state index < -0.39 is 0 Å². The van der Waals surface area contributed by atoms with E-state index in [2.05, 4.69) is 31.0 Å². The minimum atomic E-state index is -0.00483. The quantitative estimate of drug-likeness (QED) is 0.662. The number of unbranched alkanes of at least 4 members (excludes halogenated alkanes) is 1. The van der Waals surface area contributed by atoms with Crippen LogP contribution >= 0.6 is 24.8 Å². The van der Waals surface area contributed by atoms with Crippen molar-refractivity contribution in [3.8, 4) is 0 Å². The van der Waals surface area contributed by atoms with Crippen molar-refractivity contribution in [1.29, 1.82) is 0 Å². The number of halogens is 2. The van der Waals surface area contributed by atoms with Gasteiger partial charge in [0.1, 0.15) is 0 Å². The number of hydrogen-bond acceptors (Lipinski definition) is 3. The molecule has 23 heavy (non-hydrogen) atoms. The van der Waals surface area contributed by atoms with Crippen LogP contribution in [0.3, 0.4) is 0 Å². The second-order valence-corrected chi connectivity index (χ2v) is 5.61. The fraction of sp³-hybridized carbons (Fsp3) is 0.588. The Bertz CT molecular complexity index is 424. The van der Waals surface area contributed by atoms with E-state index in [9.17, 15) is 4.79 Å². The first-order chi connectivity index (χ1) is 10.1. The van der Waals surface area contributed by atoms with Crippen LogP contribution in [0.5, 0.6) is 0 Å². The molecule has 1 aromatic carbocycles. The van der Waals surface area contributed by atoms with Crippen LogP contribution in [0.1, 0.15) is 49.5 Å². The molecule has 0 radical (unpaired) electrons. The zero-order valence-electron chi connectivity index (χ0n) is 14.4. The van der Waals surface area contributed by atoms with Gasteiger partial charge in [0.05, 0.1) is 0 Å². The molecular formula is C17H31Cl2N3O. The normalized spacial score (nSPS) is 10.2. The van der Waals surface area contributed by atoms with Crippen molar-refractivity contribution in [2.24, 2.45) is 5.73 Å². The second-order valence-electron chi connectivity index (χ2n) is 5.61. The van der Waals surface area contributed by atoms with Gasteiger partial charge in [0.2, 0.25) is 0 Å². The first kappa shape index (κ1) is 24.4. The molecule has 0 heterocycles. The molecule has 4 nitrogen and oxygen atoms in total. The number of rotatable bonds is 9. The summed E-state index contributed by atoms with van der Waals surface area (Å²) in [6.45, 7) is 9.89. The Morgan fingerprint density at radius 2 is 1.78 bits per heavy atom. The number of amides is 1. The molecule has 0 aliphatic rings. The van der Waals surface area contributed by atoms with Gasteiger partial charge in [-0.1, -0.05) is 19.1 Å². The highest BCUT2D eigenvalue weighted by Gasteiger charge is 2.09. The second kappa shape index (κ2) is 13.6. The fourth-order valence-electron chi connectivity index (χ4n) is 2.23. The molecule has 0 aliphatic heterocycles. The molecule has 0 fully saturated rings. The molecule has 1 aromatic rings. The summed E-state index contributed by atoms with van der Waals surface area (Å²) in [5, 5.41) is 2.92. The van der Waals surface area contributed by atoms with Gasteiger partial charge in [-0.3, -0.25) is 9.69 Å². The van der Waals surface area contributed by atoms with Gasteiger partial charge >= 0.3 is 0 Å². The monoisotopic (exact) mass is 363 g/mol. The van der Waals surface area contributed by atoms with E-state index >= 15 is 0 Å². The third kappa shape index (κ3) is 9.16. The van der Waals surface area contributed by atoms with Crippen LogP contribution in [0.25, 0.3) is 0 Å². The summed E-state index contributed by atoms with van der Waals surface area (Å²) >= 11 is 0. The summed E-state index contributed by atoms with van der Waals surface area (Å²) in [6.07, 6.45) is 1.88. The number of nitrogens with two attached hydrogens (primary N) is 1. The third-order valence-corrected chi connectivity index (χ3v) is 3.65. The van der Waals surface area contributed by atoms with Crippen LogP contribution in [0.4, 0.5) is 0 Å². The van der Waals surface area contributed by atoms with Crippen molar-refractivity contribution in [2.75, 3.05) is 19.6 Å². The van der Waals surface area contributed by atoms with Crippen LogP contribution in [0, 0.1) is 0 Å². The Hall–Kier alpha value is -0.810. The third-order valence-electron chi connectivity index (χ3n) is 3.65. The lowest BCUT2D eigenvalue weighted by molar-refractivity contribution is 0.0953. The molecule has 1 rings (SSSR count). The molecule has 0 unspecified atom stereocenters. The maximum absolute atomic E-state index is 12.0. The summed E-state index contributed by atoms with van der Waals surface area (Å²) in [6, 6.07) is 8.42. The number of hydrogen-bond donors (Lipinski definition) is 2. The lowest BCUT2D eigenvalue weighted by atomic mass is 10.1. The van der Waals surface area contributed by atoms with Crippen LogP contribution in [0.2, 0.25) is 0 Å². The molecule has 0 bridgehead atoms. The molecular weight excluding hydrogens is 333 g/mol. The van der Waals surface area contributed by atoms with E-state index in [1.807, 2.05) is 24.3 Å². The highest BCUT2D eigenvalue weighted by Crippen LogP contribution is 2.10. The Labute approximate surface area is 153 Å². The van der Waals surface area contributed by atoms with Crippen molar-refractivity contribution < 1.29 is 4.79 Å². The highest BCUT2D eigenvalue weighted by molar-refractivity contribution is 5.94. The zero-order valence-corrected chi connectivity index (χ0v) is 16.0. The number of benzene rings is 1. The highest BCUT2D eigenvalue weighted by atomic mass is 35.5. The first-order valence-corrected chi connectivity index (χ1v) is 7.89. The maximum Gasteiger partial charge on any atom is 0.251 e. The van der Waals surface area contributed by atoms with Crippen molar-refractivity contribution in [1.82, 2.24) is 10.2 Å². The van der Waals surface area contributed by atoms with Gasteiger partial charge in [0.15, 0.2) is 0 Å². The number of nitrogens with zero attached hydrogens (tertiary/aromatic N) is 1. The molecule has 1 amide bonds. The van der Waals surface area contributed by atoms with E-state index in [-0.39, 0.29) is 30.7 Å². The van der Waals surface area contributed by atoms with Gasteiger partial charge < -0.3 is 11.1 Å². The zero-order chi connectivity index (χ0) is 15.7. The van der Waals surface area contributed by atoms with Crippen LogP contribution < -0.4 is 11.1 Å². The number of carbonyl (C=O) groups excluding carboxylic acids is 1. The molecule has 0 atom stereocenters. The van der Waals surface area contributed by atoms with Crippen molar-refractivity contribution in [3.63, 3.8) is 0 Å². The van der Waals surface area contributed by atoms with Crippen molar-refractivity contribution in [2.45, 2.75) is 46.2 Å². The fourth-order valence-corrected chi connectivity index (χ4v) is 2.23. The van der Waals surface area contributed by atoms with Crippen molar-refractivity contribution in [3.05, 3.63) is 35.4 Å². The average Bonchev–Trinajstić information content (AvgIpc) is 2.49. The topological polar surface area (TPSA) is 58.4 Å². The Morgan fingerprint density at radius 1 is 1.17 bits per heavy atom. The van der Waals surface area contributed by atoms with Crippen LogP contribution in [-0.4, -0.2) is 36.5 Å². The average molecular weight is 364 g/mol. The summed E-state index contributed by atoms with van der Waals surface area (Å²) in [7, 11) is 0. The lowest BCUT2D eigenvalue weighted by Crippen LogP contribution is -2.30. The molecule has 6 heteroatoms. The smallest absolute Gasteiger partial charge is 0.251 e. The standard InChI is InChI=1S/C17H29N3O.2ClH/c1-4-20(14(2)3)13-15-7-9-16(10-8-15)17(21)19-12-6-5-11-18;;/h7-10,14H,4-6,11-13,18H2,1-3H3,(H,19,21);2*1H. The molecule has 0 aromatic heterocycles. The predicted octanol–water partition coefficient (Wildman–Crippen LogP) is 3.23. The molecule has 3 N–H and O–H groups in total. The van der Waals surface area contributed by atoms with Gasteiger partial charge in [-0.2, -0.15) is 0 Å². The van der Waals surface area contributed by atoms with E-state index in [0.29, 0.717) is 19.1 Å². The predicted molar refractivity (Wildman–Crippen MR) is 103 cm³/mol. The maximum atomic E-state index is 12.0. The number of nitrogens with one attached hydrogen (secondary N) is 1. The van der Waals surface area contributed by atoms with E-state index in [1.54, 1.807) is 0 Å². The molecule has 0 spiro atoms. The Morgan fingerprint density at radius 3 is 2.26 bits per heavy atom. The minimum absolute atomic E-state index is 0. The summed E-state index contributed by atoms with van der Waals surface area (Å²) in [4.78, 5) is 14.3. The Kier molecular flexibility index (Phi) is 14.5. The lowest BCUT2D eigenvalue weighted by Gasteiger charge is -2.24. The summed E-state index contributed by atoms with van der Waals surface area (Å²) in [5.41, 5.74) is 7.39. The van der Waals surface area contributed by atoms with Crippen LogP contribution in [0.15, 0.2) is 24.3 Å². The van der Waals surface area contributed by atoms with E-state index in [1.165, 1.54) is 5.56 Å². The molecule has 134 valence electrons. The molecule has 0 saturated heterocycles. The molecule has 0 aliphatic carbocycles. The SMILES string of the molecule is CCN(Cc1ccc(C(=O)NCCCCN)cc1)C(C)C.Cl.Cl. The van der Waals surface area contributed by atoms with Crippen molar-refractivity contribution >= 4 is 30.7 Å². The Balaban J connectivity index is 0. The van der Waals surface area contributed by atoms with Gasteiger partial charge in [-0.25, -0.2) is 0 Å². The molecule has 0 saturated carbocycles. The summed E-state index contributed by atoms with van der Waals surface area (Å²) < 4.78 is 0. The van der Waals surface area contributed by atoms with Crippen LogP contribution in [-0.2, 0) is 6.54 Å². The van der Waals surface area contributed by atoms with E-state index in [0.717, 1.165) is 31.5 Å². The van der Waals surface area contributed by atoms with Gasteiger partial charge in [0.25, 0.3) is 5.91 Å². The van der Waals surface area contributed by atoms with Gasteiger partial charge in [0, 0.05) is 24.7 Å². The minimum Gasteiger partial charge on any atom is -0.352 e. The first-order valence-electron chi connectivity index (χ1n) is 7.89. The van der Waals surface area contributed by atoms with E-state index in [4.69, 9.17) is 5.73 Å². The van der Waals surface area contributed by atoms with Gasteiger partial charge in [-0.05, 0) is 57.5 Å².